The summed E-state index contributed by atoms with van der Waals surface area (Å²) in [7, 11) is 0. The first-order valence-electron chi connectivity index (χ1n) is 6.96. The molecule has 0 saturated heterocycles. The molecule has 2 bridgehead atoms. The Bertz CT molecular complexity index is 468. The van der Waals surface area contributed by atoms with E-state index in [1.165, 1.54) is 25.3 Å². The highest BCUT2D eigenvalue weighted by Gasteiger charge is 2.61. The molecule has 0 aromatic heterocycles. The molecule has 1 N–H and O–H groups in total. The van der Waals surface area contributed by atoms with Crippen LogP contribution in [0.5, 0.6) is 0 Å². The van der Waals surface area contributed by atoms with E-state index in [1.807, 2.05) is 12.1 Å². The van der Waals surface area contributed by atoms with Crippen LogP contribution in [0.3, 0.4) is 0 Å². The summed E-state index contributed by atoms with van der Waals surface area (Å²) in [6.45, 7) is 7.14. The first-order chi connectivity index (χ1) is 8.45. The number of halogens is 1. The molecule has 2 aliphatic rings. The van der Waals surface area contributed by atoms with Crippen LogP contribution in [-0.2, 0) is 0 Å². The lowest BCUT2D eigenvalue weighted by atomic mass is 9.69. The van der Waals surface area contributed by atoms with E-state index >= 15 is 0 Å². The lowest BCUT2D eigenvalue weighted by Gasteiger charge is -2.40. The molecule has 0 aliphatic heterocycles. The number of para-hydroxylation sites is 1. The molecule has 3 rings (SSSR count). The molecule has 1 nitrogen and oxygen atoms in total. The Kier molecular flexibility index (Phi) is 2.48. The van der Waals surface area contributed by atoms with Gasteiger partial charge in [0.05, 0.1) is 5.69 Å². The molecule has 2 fully saturated rings. The van der Waals surface area contributed by atoms with E-state index in [9.17, 15) is 4.39 Å². The van der Waals surface area contributed by atoms with E-state index in [1.54, 1.807) is 6.07 Å². The van der Waals surface area contributed by atoms with Crippen LogP contribution in [0.25, 0.3) is 0 Å². The van der Waals surface area contributed by atoms with Gasteiger partial charge in [0.15, 0.2) is 0 Å². The van der Waals surface area contributed by atoms with Gasteiger partial charge in [-0.25, -0.2) is 4.39 Å². The van der Waals surface area contributed by atoms with Crippen LogP contribution in [0.15, 0.2) is 24.3 Å². The number of hydrogen-bond donors (Lipinski definition) is 1. The fourth-order valence-corrected chi connectivity index (χ4v) is 4.19. The molecular formula is C16H22FN. The molecule has 3 atom stereocenters. The number of hydrogen-bond acceptors (Lipinski definition) is 1. The van der Waals surface area contributed by atoms with Gasteiger partial charge in [-0.15, -0.1) is 0 Å². The second-order valence-electron chi connectivity index (χ2n) is 6.79. The number of anilines is 1. The highest BCUT2D eigenvalue weighted by molar-refractivity contribution is 5.46. The van der Waals surface area contributed by atoms with Crippen molar-refractivity contribution < 1.29 is 4.39 Å². The topological polar surface area (TPSA) is 12.0 Å². The fraction of sp³-hybridized carbons (Fsp3) is 0.625. The Labute approximate surface area is 109 Å². The summed E-state index contributed by atoms with van der Waals surface area (Å²) in [6, 6.07) is 7.42. The summed E-state index contributed by atoms with van der Waals surface area (Å²) in [5.41, 5.74) is 1.32. The minimum absolute atomic E-state index is 0.137. The molecule has 18 heavy (non-hydrogen) atoms. The van der Waals surface area contributed by atoms with Gasteiger partial charge in [0.25, 0.3) is 0 Å². The molecule has 0 radical (unpaired) electrons. The van der Waals surface area contributed by atoms with Gasteiger partial charge in [-0.2, -0.15) is 0 Å². The lowest BCUT2D eigenvalue weighted by molar-refractivity contribution is 0.142. The molecule has 0 spiro atoms. The van der Waals surface area contributed by atoms with Gasteiger partial charge < -0.3 is 5.32 Å². The van der Waals surface area contributed by atoms with Crippen molar-refractivity contribution in [1.82, 2.24) is 0 Å². The molecule has 1 aromatic rings. The van der Waals surface area contributed by atoms with Gasteiger partial charge in [-0.1, -0.05) is 32.9 Å². The van der Waals surface area contributed by atoms with Crippen molar-refractivity contribution in [2.45, 2.75) is 46.1 Å². The third-order valence-electron chi connectivity index (χ3n) is 6.00. The quantitative estimate of drug-likeness (QED) is 0.814. The molecule has 98 valence electrons. The van der Waals surface area contributed by atoms with Crippen molar-refractivity contribution >= 4 is 5.69 Å². The van der Waals surface area contributed by atoms with Crippen molar-refractivity contribution in [1.29, 1.82) is 0 Å². The Hall–Kier alpha value is -1.05. The van der Waals surface area contributed by atoms with E-state index in [0.717, 1.165) is 5.92 Å². The van der Waals surface area contributed by atoms with Crippen LogP contribution in [0, 0.1) is 22.6 Å². The Balaban J connectivity index is 1.86. The van der Waals surface area contributed by atoms with E-state index in [0.29, 0.717) is 22.6 Å². The molecule has 2 aliphatic carbocycles. The van der Waals surface area contributed by atoms with Crippen molar-refractivity contribution in [3.63, 3.8) is 0 Å². The maximum Gasteiger partial charge on any atom is 0.146 e. The van der Waals surface area contributed by atoms with Crippen LogP contribution in [-0.4, -0.2) is 6.04 Å². The first-order valence-corrected chi connectivity index (χ1v) is 6.96. The summed E-state index contributed by atoms with van der Waals surface area (Å²) in [6.07, 6.45) is 3.77. The summed E-state index contributed by atoms with van der Waals surface area (Å²) in [5, 5.41) is 3.46. The molecule has 2 heteroatoms. The van der Waals surface area contributed by atoms with E-state index in [-0.39, 0.29) is 5.82 Å². The molecule has 2 saturated carbocycles. The summed E-state index contributed by atoms with van der Waals surface area (Å²) in [4.78, 5) is 0. The van der Waals surface area contributed by atoms with E-state index in [4.69, 9.17) is 0 Å². The highest BCUT2D eigenvalue weighted by atomic mass is 19.1. The average molecular weight is 247 g/mol. The minimum atomic E-state index is -0.137. The second-order valence-corrected chi connectivity index (χ2v) is 6.79. The van der Waals surface area contributed by atoms with Crippen molar-refractivity contribution in [3.05, 3.63) is 30.1 Å². The lowest BCUT2D eigenvalue weighted by Crippen LogP contribution is -2.40. The second kappa shape index (κ2) is 3.72. The fourth-order valence-electron chi connectivity index (χ4n) is 4.19. The van der Waals surface area contributed by atoms with Crippen molar-refractivity contribution in [3.8, 4) is 0 Å². The van der Waals surface area contributed by atoms with Crippen LogP contribution >= 0.6 is 0 Å². The van der Waals surface area contributed by atoms with Crippen LogP contribution in [0.4, 0.5) is 10.1 Å². The van der Waals surface area contributed by atoms with Gasteiger partial charge in [-0.05, 0) is 48.1 Å². The van der Waals surface area contributed by atoms with Gasteiger partial charge in [0, 0.05) is 6.04 Å². The Morgan fingerprint density at radius 2 is 1.94 bits per heavy atom. The zero-order chi connectivity index (χ0) is 13.0. The first kappa shape index (κ1) is 12.0. The van der Waals surface area contributed by atoms with Gasteiger partial charge in [0.1, 0.15) is 5.82 Å². The summed E-state index contributed by atoms with van der Waals surface area (Å²) >= 11 is 0. The Morgan fingerprint density at radius 1 is 1.22 bits per heavy atom. The number of benzene rings is 1. The normalized spacial score (nSPS) is 36.9. The summed E-state index contributed by atoms with van der Waals surface area (Å²) < 4.78 is 13.7. The molecule has 0 heterocycles. The van der Waals surface area contributed by atoms with E-state index < -0.39 is 0 Å². The monoisotopic (exact) mass is 247 g/mol. The predicted octanol–water partition coefficient (Wildman–Crippen LogP) is 4.45. The number of rotatable bonds is 2. The maximum absolute atomic E-state index is 13.7. The zero-order valence-electron chi connectivity index (χ0n) is 11.5. The maximum atomic E-state index is 13.7. The largest absolute Gasteiger partial charge is 0.379 e. The third-order valence-corrected chi connectivity index (χ3v) is 6.00. The molecule has 3 unspecified atom stereocenters. The molecule has 0 amide bonds. The number of fused-ring (bicyclic) bond motifs is 2. The van der Waals surface area contributed by atoms with Gasteiger partial charge in [0.2, 0.25) is 0 Å². The smallest absolute Gasteiger partial charge is 0.146 e. The standard InChI is InChI=1S/C16H22FN/c1-15(2)11-8-9-16(15,3)14(10-11)18-13-7-5-4-6-12(13)17/h4-7,11,14,18H,8-10H2,1-3H3. The van der Waals surface area contributed by atoms with Gasteiger partial charge >= 0.3 is 0 Å². The Morgan fingerprint density at radius 3 is 2.50 bits per heavy atom. The highest BCUT2D eigenvalue weighted by Crippen LogP contribution is 2.65. The SMILES string of the molecule is CC1(C)C2CCC1(C)C(Nc1ccccc1F)C2. The van der Waals surface area contributed by atoms with Crippen LogP contribution in [0.2, 0.25) is 0 Å². The average Bonchev–Trinajstić information content (AvgIpc) is 2.65. The molecule has 1 aromatic carbocycles. The minimum Gasteiger partial charge on any atom is -0.379 e. The molecular weight excluding hydrogens is 225 g/mol. The van der Waals surface area contributed by atoms with Crippen LogP contribution in [0.1, 0.15) is 40.0 Å². The van der Waals surface area contributed by atoms with Crippen molar-refractivity contribution in [2.75, 3.05) is 5.32 Å². The van der Waals surface area contributed by atoms with Crippen LogP contribution < -0.4 is 5.32 Å². The van der Waals surface area contributed by atoms with Gasteiger partial charge in [-0.3, -0.25) is 0 Å². The zero-order valence-corrected chi connectivity index (χ0v) is 11.5. The number of nitrogens with one attached hydrogen (secondary N) is 1. The third kappa shape index (κ3) is 1.44. The summed E-state index contributed by atoms with van der Waals surface area (Å²) in [5.74, 6) is 0.647. The van der Waals surface area contributed by atoms with Crippen molar-refractivity contribution in [2.24, 2.45) is 16.7 Å². The predicted molar refractivity (Wildman–Crippen MR) is 73.0 cm³/mol. The van der Waals surface area contributed by atoms with E-state index in [2.05, 4.69) is 26.1 Å².